The van der Waals surface area contributed by atoms with Crippen molar-refractivity contribution in [2.45, 2.75) is 5.33 Å². The van der Waals surface area contributed by atoms with Crippen molar-refractivity contribution in [1.29, 1.82) is 0 Å². The molecule has 0 spiro atoms. The molecule has 0 unspecified atom stereocenters. The van der Waals surface area contributed by atoms with Crippen LogP contribution in [0.25, 0.3) is 5.69 Å². The predicted octanol–water partition coefficient (Wildman–Crippen LogP) is 3.38. The van der Waals surface area contributed by atoms with Crippen LogP contribution in [0.2, 0.25) is 10.0 Å². The minimum Gasteiger partial charge on any atom is -0.258 e. The lowest BCUT2D eigenvalue weighted by atomic mass is 10.2. The van der Waals surface area contributed by atoms with E-state index in [2.05, 4.69) is 26.2 Å². The summed E-state index contributed by atoms with van der Waals surface area (Å²) in [6.45, 7) is 0. The molecule has 2 rings (SSSR count). The monoisotopic (exact) mass is 350 g/mol. The Bertz CT molecular complexity index is 617. The second-order valence-corrected chi connectivity index (χ2v) is 4.70. The zero-order valence-corrected chi connectivity index (χ0v) is 11.8. The minimum absolute atomic E-state index is 0.139. The molecule has 9 heteroatoms. The Morgan fingerprint density at radius 1 is 1.44 bits per heavy atom. The van der Waals surface area contributed by atoms with Crippen LogP contribution >= 0.6 is 39.1 Å². The van der Waals surface area contributed by atoms with Gasteiger partial charge in [0.2, 0.25) is 0 Å². The largest absolute Gasteiger partial charge is 0.297 e. The Kier molecular flexibility index (Phi) is 3.84. The molecule has 0 atom stereocenters. The number of nitro groups is 1. The van der Waals surface area contributed by atoms with Crippen molar-refractivity contribution in [3.05, 3.63) is 44.2 Å². The predicted molar refractivity (Wildman–Crippen MR) is 70.7 cm³/mol. The van der Waals surface area contributed by atoms with Gasteiger partial charge in [0.15, 0.2) is 5.69 Å². The van der Waals surface area contributed by atoms with Crippen molar-refractivity contribution in [2.75, 3.05) is 0 Å². The van der Waals surface area contributed by atoms with Gasteiger partial charge in [0.25, 0.3) is 5.69 Å². The quantitative estimate of drug-likeness (QED) is 0.482. The first-order valence-electron chi connectivity index (χ1n) is 4.64. The molecule has 0 amide bonds. The topological polar surface area (TPSA) is 73.8 Å². The first-order valence-corrected chi connectivity index (χ1v) is 6.51. The first-order chi connectivity index (χ1) is 8.52. The molecule has 0 aliphatic heterocycles. The molecule has 0 saturated heterocycles. The highest BCUT2D eigenvalue weighted by Crippen LogP contribution is 2.33. The third-order valence-corrected chi connectivity index (χ3v) is 3.19. The standard InChI is InChI=1S/C9H5BrCl2N4O2/c10-3-6-4-15(14-13-6)9-7(12)1-5(11)2-8(9)16(17)18/h1-2,4H,3H2. The van der Waals surface area contributed by atoms with Gasteiger partial charge >= 0.3 is 0 Å². The number of hydrogen-bond donors (Lipinski definition) is 0. The Morgan fingerprint density at radius 3 is 2.72 bits per heavy atom. The molecule has 2 aromatic rings. The van der Waals surface area contributed by atoms with Crippen molar-refractivity contribution >= 4 is 44.8 Å². The summed E-state index contributed by atoms with van der Waals surface area (Å²) in [5.74, 6) is 0. The van der Waals surface area contributed by atoms with E-state index >= 15 is 0 Å². The first kappa shape index (κ1) is 13.3. The van der Waals surface area contributed by atoms with Crippen molar-refractivity contribution in [1.82, 2.24) is 15.0 Å². The molecule has 0 fully saturated rings. The molecular formula is C9H5BrCl2N4O2. The fraction of sp³-hybridized carbons (Fsp3) is 0.111. The molecule has 0 saturated carbocycles. The highest BCUT2D eigenvalue weighted by Gasteiger charge is 2.21. The summed E-state index contributed by atoms with van der Waals surface area (Å²) >= 11 is 14.9. The van der Waals surface area contributed by atoms with E-state index < -0.39 is 4.92 Å². The number of alkyl halides is 1. The summed E-state index contributed by atoms with van der Waals surface area (Å²) in [6.07, 6.45) is 1.55. The van der Waals surface area contributed by atoms with Gasteiger partial charge in [-0.2, -0.15) is 0 Å². The molecule has 1 aromatic carbocycles. The van der Waals surface area contributed by atoms with Gasteiger partial charge in [0.05, 0.1) is 21.8 Å². The summed E-state index contributed by atoms with van der Waals surface area (Å²) in [5.41, 5.74) is 0.555. The molecule has 0 bridgehead atoms. The lowest BCUT2D eigenvalue weighted by molar-refractivity contribution is -0.384. The SMILES string of the molecule is O=[N+]([O-])c1cc(Cl)cc(Cl)c1-n1cc(CBr)nn1. The Labute approximate surface area is 120 Å². The van der Waals surface area contributed by atoms with Gasteiger partial charge in [-0.25, -0.2) is 4.68 Å². The lowest BCUT2D eigenvalue weighted by Crippen LogP contribution is -2.02. The van der Waals surface area contributed by atoms with Crippen LogP contribution in [0.1, 0.15) is 5.69 Å². The summed E-state index contributed by atoms with van der Waals surface area (Å²) in [6, 6.07) is 2.64. The molecule has 0 aliphatic rings. The fourth-order valence-corrected chi connectivity index (χ4v) is 2.21. The summed E-state index contributed by atoms with van der Waals surface area (Å²) in [5, 5.41) is 19.4. The highest BCUT2D eigenvalue weighted by atomic mass is 79.9. The zero-order chi connectivity index (χ0) is 13.3. The molecule has 0 radical (unpaired) electrons. The summed E-state index contributed by atoms with van der Waals surface area (Å²) < 4.78 is 1.26. The summed E-state index contributed by atoms with van der Waals surface area (Å²) in [4.78, 5) is 10.4. The van der Waals surface area contributed by atoms with Crippen LogP contribution in [-0.2, 0) is 5.33 Å². The third kappa shape index (κ3) is 2.47. The average Bonchev–Trinajstić information content (AvgIpc) is 2.76. The zero-order valence-electron chi connectivity index (χ0n) is 8.68. The molecule has 1 aromatic heterocycles. The number of hydrogen-bond acceptors (Lipinski definition) is 4. The third-order valence-electron chi connectivity index (χ3n) is 2.11. The lowest BCUT2D eigenvalue weighted by Gasteiger charge is -2.05. The van der Waals surface area contributed by atoms with E-state index in [4.69, 9.17) is 23.2 Å². The number of rotatable bonds is 3. The number of benzene rings is 1. The van der Waals surface area contributed by atoms with Gasteiger partial charge in [-0.15, -0.1) is 5.10 Å². The Morgan fingerprint density at radius 2 is 2.17 bits per heavy atom. The van der Waals surface area contributed by atoms with Crippen molar-refractivity contribution in [3.8, 4) is 5.69 Å². The number of nitro benzene ring substituents is 1. The van der Waals surface area contributed by atoms with Gasteiger partial charge < -0.3 is 0 Å². The van der Waals surface area contributed by atoms with Crippen LogP contribution in [0.4, 0.5) is 5.69 Å². The maximum Gasteiger partial charge on any atom is 0.297 e. The van der Waals surface area contributed by atoms with Crippen LogP contribution in [0.3, 0.4) is 0 Å². The van der Waals surface area contributed by atoms with Crippen LogP contribution in [0.15, 0.2) is 18.3 Å². The number of aromatic nitrogens is 3. The summed E-state index contributed by atoms with van der Waals surface area (Å²) in [7, 11) is 0. The molecule has 6 nitrogen and oxygen atoms in total. The van der Waals surface area contributed by atoms with E-state index in [9.17, 15) is 10.1 Å². The van der Waals surface area contributed by atoms with E-state index in [-0.39, 0.29) is 21.4 Å². The maximum absolute atomic E-state index is 11.0. The van der Waals surface area contributed by atoms with Crippen molar-refractivity contribution in [2.24, 2.45) is 0 Å². The van der Waals surface area contributed by atoms with Crippen molar-refractivity contribution < 1.29 is 4.92 Å². The van der Waals surface area contributed by atoms with E-state index in [1.54, 1.807) is 6.20 Å². The molecule has 1 heterocycles. The molecule has 0 N–H and O–H groups in total. The van der Waals surface area contributed by atoms with E-state index in [0.717, 1.165) is 0 Å². The number of nitrogens with zero attached hydrogens (tertiary/aromatic N) is 4. The average molecular weight is 352 g/mol. The molecule has 18 heavy (non-hydrogen) atoms. The van der Waals surface area contributed by atoms with Crippen LogP contribution in [0, 0.1) is 10.1 Å². The van der Waals surface area contributed by atoms with Crippen LogP contribution in [0.5, 0.6) is 0 Å². The second-order valence-electron chi connectivity index (χ2n) is 3.30. The normalized spacial score (nSPS) is 10.6. The molecule has 94 valence electrons. The molecule has 0 aliphatic carbocycles. The Hall–Kier alpha value is -1.18. The van der Waals surface area contributed by atoms with Gasteiger partial charge in [-0.3, -0.25) is 10.1 Å². The maximum atomic E-state index is 11.0. The van der Waals surface area contributed by atoms with E-state index in [1.165, 1.54) is 16.8 Å². The minimum atomic E-state index is -0.567. The van der Waals surface area contributed by atoms with Crippen LogP contribution < -0.4 is 0 Å². The Balaban J connectivity index is 2.65. The van der Waals surface area contributed by atoms with Gasteiger partial charge in [0.1, 0.15) is 0 Å². The van der Waals surface area contributed by atoms with Gasteiger partial charge in [-0.05, 0) is 6.07 Å². The van der Waals surface area contributed by atoms with Crippen LogP contribution in [-0.4, -0.2) is 19.9 Å². The smallest absolute Gasteiger partial charge is 0.258 e. The van der Waals surface area contributed by atoms with E-state index in [1.807, 2.05) is 0 Å². The highest BCUT2D eigenvalue weighted by molar-refractivity contribution is 9.08. The van der Waals surface area contributed by atoms with Crippen molar-refractivity contribution in [3.63, 3.8) is 0 Å². The second kappa shape index (κ2) is 5.21. The molecular weight excluding hydrogens is 347 g/mol. The van der Waals surface area contributed by atoms with Gasteiger partial charge in [-0.1, -0.05) is 44.3 Å². The van der Waals surface area contributed by atoms with E-state index in [0.29, 0.717) is 11.0 Å². The van der Waals surface area contributed by atoms with Gasteiger partial charge in [0, 0.05) is 16.4 Å². The fourth-order valence-electron chi connectivity index (χ4n) is 1.39. The number of halogens is 3.